The van der Waals surface area contributed by atoms with Crippen LogP contribution in [0.15, 0.2) is 57.8 Å². The minimum Gasteiger partial charge on any atom is -0.469 e. The fraction of sp³-hybridized carbons (Fsp3) is 0.318. The number of hydrogen-bond acceptors (Lipinski definition) is 6. The van der Waals surface area contributed by atoms with Crippen LogP contribution in [0.25, 0.3) is 11.5 Å². The number of oxazole rings is 1. The number of hydrogen-bond donors (Lipinski definition) is 2. The molecule has 0 atom stereocenters. The Balaban J connectivity index is 1.33. The van der Waals surface area contributed by atoms with E-state index in [1.54, 1.807) is 23.3 Å². The van der Waals surface area contributed by atoms with Gasteiger partial charge < -0.3 is 24.2 Å². The van der Waals surface area contributed by atoms with Crippen molar-refractivity contribution >= 4 is 11.8 Å². The van der Waals surface area contributed by atoms with Crippen LogP contribution in [0.2, 0.25) is 0 Å². The Hall–Kier alpha value is -3.39. The van der Waals surface area contributed by atoms with Crippen molar-refractivity contribution in [3.63, 3.8) is 0 Å². The van der Waals surface area contributed by atoms with Crippen LogP contribution >= 0.6 is 0 Å². The molecule has 4 rings (SSSR count). The summed E-state index contributed by atoms with van der Waals surface area (Å²) in [5.74, 6) is 0.685. The number of amides is 2. The third-order valence-corrected chi connectivity index (χ3v) is 5.08. The van der Waals surface area contributed by atoms with Gasteiger partial charge in [-0.1, -0.05) is 12.1 Å². The van der Waals surface area contributed by atoms with Gasteiger partial charge in [0.15, 0.2) is 5.69 Å². The van der Waals surface area contributed by atoms with Crippen molar-refractivity contribution in [2.24, 2.45) is 0 Å². The van der Waals surface area contributed by atoms with Crippen molar-refractivity contribution < 1.29 is 23.5 Å². The summed E-state index contributed by atoms with van der Waals surface area (Å²) in [5, 5.41) is 12.4. The lowest BCUT2D eigenvalue weighted by Gasteiger charge is -2.28. The van der Waals surface area contributed by atoms with Crippen molar-refractivity contribution in [1.29, 1.82) is 0 Å². The van der Waals surface area contributed by atoms with Gasteiger partial charge in [0, 0.05) is 25.2 Å². The molecule has 1 aliphatic heterocycles. The third-order valence-electron chi connectivity index (χ3n) is 5.08. The number of furan rings is 1. The summed E-state index contributed by atoms with van der Waals surface area (Å²) in [5.41, 5.74) is 1.94. The number of aromatic nitrogens is 1. The lowest BCUT2D eigenvalue weighted by atomic mass is 10.1. The summed E-state index contributed by atoms with van der Waals surface area (Å²) in [4.78, 5) is 30.5. The molecule has 2 aromatic heterocycles. The van der Waals surface area contributed by atoms with Gasteiger partial charge in [-0.3, -0.25) is 9.59 Å². The highest BCUT2D eigenvalue weighted by molar-refractivity contribution is 5.92. The Bertz CT molecular complexity index is 986. The second-order valence-corrected chi connectivity index (χ2v) is 7.29. The van der Waals surface area contributed by atoms with E-state index >= 15 is 0 Å². The number of benzene rings is 1. The zero-order valence-electron chi connectivity index (χ0n) is 16.4. The Kier molecular flexibility index (Phi) is 5.94. The average molecular weight is 409 g/mol. The fourth-order valence-electron chi connectivity index (χ4n) is 3.34. The Morgan fingerprint density at radius 2 is 1.90 bits per heavy atom. The summed E-state index contributed by atoms with van der Waals surface area (Å²) in [7, 11) is 0. The standard InChI is InChI=1S/C22H23N3O5/c26-17-7-9-25(10-8-17)22(28)19-14-30-21(24-19)16-5-3-15(4-6-16)13-23-20(27)12-18-2-1-11-29-18/h1-6,11,14,17,26H,7-10,12-13H2,(H,23,27). The number of nitrogens with one attached hydrogen (secondary N) is 1. The van der Waals surface area contributed by atoms with E-state index in [4.69, 9.17) is 8.83 Å². The maximum atomic E-state index is 12.5. The number of likely N-dealkylation sites (tertiary alicyclic amines) is 1. The first kappa shape index (κ1) is 19.9. The van der Waals surface area contributed by atoms with E-state index in [-0.39, 0.29) is 30.0 Å². The molecule has 1 aromatic carbocycles. The zero-order chi connectivity index (χ0) is 20.9. The van der Waals surface area contributed by atoms with Gasteiger partial charge in [-0.15, -0.1) is 0 Å². The van der Waals surface area contributed by atoms with Crippen LogP contribution in [0.3, 0.4) is 0 Å². The molecular formula is C22H23N3O5. The Labute approximate surface area is 173 Å². The predicted octanol–water partition coefficient (Wildman–Crippen LogP) is 2.39. The summed E-state index contributed by atoms with van der Waals surface area (Å²) in [6.45, 7) is 1.43. The smallest absolute Gasteiger partial charge is 0.275 e. The quantitative estimate of drug-likeness (QED) is 0.647. The molecule has 8 nitrogen and oxygen atoms in total. The Morgan fingerprint density at radius 3 is 2.60 bits per heavy atom. The van der Waals surface area contributed by atoms with Crippen molar-refractivity contribution in [1.82, 2.24) is 15.2 Å². The Morgan fingerprint density at radius 1 is 1.13 bits per heavy atom. The highest BCUT2D eigenvalue weighted by atomic mass is 16.3. The molecule has 0 radical (unpaired) electrons. The molecule has 2 amide bonds. The van der Waals surface area contributed by atoms with Crippen LogP contribution in [-0.4, -0.2) is 46.0 Å². The number of carbonyl (C=O) groups excluding carboxylic acids is 2. The highest BCUT2D eigenvalue weighted by Crippen LogP contribution is 2.21. The second kappa shape index (κ2) is 8.96. The van der Waals surface area contributed by atoms with Crippen molar-refractivity contribution in [2.45, 2.75) is 31.9 Å². The molecule has 156 valence electrons. The van der Waals surface area contributed by atoms with Gasteiger partial charge in [0.1, 0.15) is 12.0 Å². The average Bonchev–Trinajstić information content (AvgIpc) is 3.45. The normalized spacial score (nSPS) is 14.6. The third kappa shape index (κ3) is 4.77. The van der Waals surface area contributed by atoms with E-state index in [1.165, 1.54) is 6.26 Å². The van der Waals surface area contributed by atoms with Gasteiger partial charge in [-0.2, -0.15) is 0 Å². The van der Waals surface area contributed by atoms with Gasteiger partial charge in [-0.25, -0.2) is 4.98 Å². The minimum absolute atomic E-state index is 0.116. The lowest BCUT2D eigenvalue weighted by molar-refractivity contribution is -0.120. The van der Waals surface area contributed by atoms with Gasteiger partial charge in [0.05, 0.1) is 18.8 Å². The minimum atomic E-state index is -0.338. The maximum Gasteiger partial charge on any atom is 0.275 e. The largest absolute Gasteiger partial charge is 0.469 e. The van der Waals surface area contributed by atoms with Crippen LogP contribution < -0.4 is 5.32 Å². The van der Waals surface area contributed by atoms with Gasteiger partial charge in [0.2, 0.25) is 11.8 Å². The number of aliphatic hydroxyl groups is 1. The number of aliphatic hydroxyl groups excluding tert-OH is 1. The molecule has 3 aromatic rings. The van der Waals surface area contributed by atoms with Crippen LogP contribution in [-0.2, 0) is 17.8 Å². The van der Waals surface area contributed by atoms with Crippen LogP contribution in [0.4, 0.5) is 0 Å². The molecule has 0 spiro atoms. The highest BCUT2D eigenvalue weighted by Gasteiger charge is 2.24. The summed E-state index contributed by atoms with van der Waals surface area (Å²) < 4.78 is 10.7. The first-order chi connectivity index (χ1) is 14.6. The summed E-state index contributed by atoms with van der Waals surface area (Å²) >= 11 is 0. The molecule has 1 saturated heterocycles. The monoisotopic (exact) mass is 409 g/mol. The second-order valence-electron chi connectivity index (χ2n) is 7.29. The molecule has 30 heavy (non-hydrogen) atoms. The van der Waals surface area contributed by atoms with Crippen LogP contribution in [0, 0.1) is 0 Å². The maximum absolute atomic E-state index is 12.5. The van der Waals surface area contributed by atoms with Gasteiger partial charge >= 0.3 is 0 Å². The van der Waals surface area contributed by atoms with Crippen molar-refractivity contribution in [3.8, 4) is 11.5 Å². The number of rotatable bonds is 6. The topological polar surface area (TPSA) is 109 Å². The molecule has 8 heteroatoms. The molecular weight excluding hydrogens is 386 g/mol. The first-order valence-corrected chi connectivity index (χ1v) is 9.90. The van der Waals surface area contributed by atoms with E-state index in [0.29, 0.717) is 44.1 Å². The van der Waals surface area contributed by atoms with E-state index < -0.39 is 0 Å². The number of piperidine rings is 1. The summed E-state index contributed by atoms with van der Waals surface area (Å²) in [6.07, 6.45) is 3.93. The zero-order valence-corrected chi connectivity index (χ0v) is 16.4. The fourth-order valence-corrected chi connectivity index (χ4v) is 3.34. The molecule has 0 unspecified atom stereocenters. The van der Waals surface area contributed by atoms with Crippen LogP contribution in [0.1, 0.15) is 34.7 Å². The van der Waals surface area contributed by atoms with Gasteiger partial charge in [-0.05, 0) is 42.7 Å². The van der Waals surface area contributed by atoms with E-state index in [1.807, 2.05) is 24.3 Å². The molecule has 2 N–H and O–H groups in total. The van der Waals surface area contributed by atoms with E-state index in [0.717, 1.165) is 11.1 Å². The molecule has 1 aliphatic rings. The number of nitrogens with zero attached hydrogens (tertiary/aromatic N) is 2. The molecule has 1 fully saturated rings. The molecule has 0 bridgehead atoms. The predicted molar refractivity (Wildman–Crippen MR) is 107 cm³/mol. The number of carbonyl (C=O) groups is 2. The molecule has 0 aliphatic carbocycles. The SMILES string of the molecule is O=C(Cc1ccco1)NCc1ccc(-c2nc(C(=O)N3CCC(O)CC3)co2)cc1. The van der Waals surface area contributed by atoms with Crippen molar-refractivity contribution in [2.75, 3.05) is 13.1 Å². The van der Waals surface area contributed by atoms with Gasteiger partial charge in [0.25, 0.3) is 5.91 Å². The van der Waals surface area contributed by atoms with E-state index in [2.05, 4.69) is 10.3 Å². The van der Waals surface area contributed by atoms with Crippen LogP contribution in [0.5, 0.6) is 0 Å². The van der Waals surface area contributed by atoms with Crippen molar-refractivity contribution in [3.05, 3.63) is 65.9 Å². The molecule has 3 heterocycles. The van der Waals surface area contributed by atoms with E-state index in [9.17, 15) is 14.7 Å². The first-order valence-electron chi connectivity index (χ1n) is 9.90. The lowest BCUT2D eigenvalue weighted by Crippen LogP contribution is -2.40. The summed E-state index contributed by atoms with van der Waals surface area (Å²) in [6, 6.07) is 10.9. The molecule has 0 saturated carbocycles.